The largest absolute Gasteiger partial charge is 0.373 e. The number of rotatable bonds is 8. The number of nitro groups is 1. The van der Waals surface area contributed by atoms with Crippen molar-refractivity contribution in [3.63, 3.8) is 0 Å². The molecule has 6 rings (SSSR count). The molecule has 0 aliphatic rings. The van der Waals surface area contributed by atoms with Gasteiger partial charge in [-0.1, -0.05) is 91.0 Å². The van der Waals surface area contributed by atoms with Gasteiger partial charge in [0.2, 0.25) is 0 Å². The summed E-state index contributed by atoms with van der Waals surface area (Å²) in [6, 6.07) is 39.5. The number of hydrogen-bond donors (Lipinski definition) is 0. The first-order valence-electron chi connectivity index (χ1n) is 13.7. The van der Waals surface area contributed by atoms with E-state index >= 15 is 0 Å². The third-order valence-electron chi connectivity index (χ3n) is 7.93. The monoisotopic (exact) mass is 554 g/mol. The van der Waals surface area contributed by atoms with Crippen LogP contribution in [0, 0.1) is 10.1 Å². The van der Waals surface area contributed by atoms with Crippen molar-refractivity contribution in [2.75, 3.05) is 7.11 Å². The number of fused-ring (bicyclic) bond motifs is 1. The lowest BCUT2D eigenvalue weighted by Crippen LogP contribution is -2.38. The minimum atomic E-state index is -0.891. The molecule has 0 N–H and O–H groups in total. The Bertz CT molecular complexity index is 1770. The number of benzene rings is 4. The molecule has 42 heavy (non-hydrogen) atoms. The molecule has 0 radical (unpaired) electrons. The first kappa shape index (κ1) is 27.1. The van der Waals surface area contributed by atoms with Crippen LogP contribution in [0.25, 0.3) is 22.2 Å². The Morgan fingerprint density at radius 3 is 1.81 bits per heavy atom. The van der Waals surface area contributed by atoms with Crippen LogP contribution in [-0.4, -0.2) is 26.8 Å². The van der Waals surface area contributed by atoms with E-state index in [0.717, 1.165) is 33.5 Å². The molecule has 7 nitrogen and oxygen atoms in total. The summed E-state index contributed by atoms with van der Waals surface area (Å²) in [5.41, 5.74) is 4.40. The maximum absolute atomic E-state index is 11.9. The number of nitro benzene ring substituents is 1. The van der Waals surface area contributed by atoms with Gasteiger partial charge in [-0.2, -0.15) is 5.10 Å². The van der Waals surface area contributed by atoms with Crippen molar-refractivity contribution in [2.24, 2.45) is 0 Å². The van der Waals surface area contributed by atoms with Gasteiger partial charge < -0.3 is 4.74 Å². The molecule has 0 unspecified atom stereocenters. The van der Waals surface area contributed by atoms with Crippen LogP contribution in [0.1, 0.15) is 36.2 Å². The zero-order valence-corrected chi connectivity index (χ0v) is 23.6. The van der Waals surface area contributed by atoms with Crippen molar-refractivity contribution in [3.8, 4) is 11.3 Å². The van der Waals surface area contributed by atoms with Crippen LogP contribution in [0.4, 0.5) is 5.69 Å². The molecule has 0 spiro atoms. The maximum Gasteiger partial charge on any atom is 0.270 e. The zero-order chi connectivity index (χ0) is 29.3. The SMILES string of the molecule is COC(C)(C)c1cc(-c2nn(C(c3ccccc3)(c3ccccc3)c3ccccc3)c3ccc([N+](=O)[O-])cc23)ccn1. The number of pyridine rings is 1. The van der Waals surface area contributed by atoms with Gasteiger partial charge in [-0.05, 0) is 48.7 Å². The van der Waals surface area contributed by atoms with E-state index in [1.54, 1.807) is 31.5 Å². The van der Waals surface area contributed by atoms with E-state index in [0.29, 0.717) is 11.1 Å². The van der Waals surface area contributed by atoms with Gasteiger partial charge in [-0.3, -0.25) is 15.1 Å². The van der Waals surface area contributed by atoms with Crippen LogP contribution in [0.5, 0.6) is 0 Å². The predicted molar refractivity (Wildman–Crippen MR) is 164 cm³/mol. The predicted octanol–water partition coefficient (Wildman–Crippen LogP) is 7.73. The number of methoxy groups -OCH3 is 1. The lowest BCUT2D eigenvalue weighted by Gasteiger charge is -2.37. The molecular weight excluding hydrogens is 524 g/mol. The summed E-state index contributed by atoms with van der Waals surface area (Å²) in [5, 5.41) is 17.9. The molecule has 208 valence electrons. The first-order valence-corrected chi connectivity index (χ1v) is 13.7. The number of non-ortho nitro benzene ring substituents is 1. The smallest absolute Gasteiger partial charge is 0.270 e. The summed E-state index contributed by atoms with van der Waals surface area (Å²) in [5.74, 6) is 0. The van der Waals surface area contributed by atoms with Crippen molar-refractivity contribution in [2.45, 2.75) is 25.0 Å². The Morgan fingerprint density at radius 1 is 0.762 bits per heavy atom. The van der Waals surface area contributed by atoms with E-state index in [-0.39, 0.29) is 10.6 Å². The lowest BCUT2D eigenvalue weighted by atomic mass is 9.77. The van der Waals surface area contributed by atoms with E-state index in [4.69, 9.17) is 9.84 Å². The summed E-state index contributed by atoms with van der Waals surface area (Å²) >= 11 is 0. The molecule has 0 fully saturated rings. The van der Waals surface area contributed by atoms with Gasteiger partial charge in [0.1, 0.15) is 16.8 Å². The molecule has 6 aromatic rings. The highest BCUT2D eigenvalue weighted by Gasteiger charge is 2.41. The summed E-state index contributed by atoms with van der Waals surface area (Å²) in [4.78, 5) is 16.1. The van der Waals surface area contributed by atoms with E-state index in [2.05, 4.69) is 41.4 Å². The summed E-state index contributed by atoms with van der Waals surface area (Å²) < 4.78 is 7.73. The van der Waals surface area contributed by atoms with Gasteiger partial charge in [-0.15, -0.1) is 0 Å². The minimum Gasteiger partial charge on any atom is -0.373 e. The summed E-state index contributed by atoms with van der Waals surface area (Å²) in [6.45, 7) is 3.90. The lowest BCUT2D eigenvalue weighted by molar-refractivity contribution is -0.384. The average Bonchev–Trinajstić information content (AvgIpc) is 3.42. The average molecular weight is 555 g/mol. The molecule has 7 heteroatoms. The number of aromatic nitrogens is 3. The van der Waals surface area contributed by atoms with Crippen LogP contribution in [0.15, 0.2) is 128 Å². The minimum absolute atomic E-state index is 0.000431. The fraction of sp³-hybridized carbons (Fsp3) is 0.143. The highest BCUT2D eigenvalue weighted by molar-refractivity contribution is 5.95. The normalized spacial score (nSPS) is 12.0. The van der Waals surface area contributed by atoms with Crippen molar-refractivity contribution in [3.05, 3.63) is 160 Å². The summed E-state index contributed by atoms with van der Waals surface area (Å²) in [6.07, 6.45) is 1.73. The van der Waals surface area contributed by atoms with Crippen molar-refractivity contribution in [1.82, 2.24) is 14.8 Å². The number of ether oxygens (including phenoxy) is 1. The Hall–Kier alpha value is -5.14. The molecule has 2 heterocycles. The van der Waals surface area contributed by atoms with Gasteiger partial charge in [0.05, 0.1) is 16.1 Å². The van der Waals surface area contributed by atoms with Gasteiger partial charge in [0.15, 0.2) is 0 Å². The molecular formula is C35H30N4O3. The molecule has 4 aromatic carbocycles. The van der Waals surface area contributed by atoms with Crippen LogP contribution < -0.4 is 0 Å². The van der Waals surface area contributed by atoms with Gasteiger partial charge >= 0.3 is 0 Å². The summed E-state index contributed by atoms with van der Waals surface area (Å²) in [7, 11) is 1.65. The second-order valence-corrected chi connectivity index (χ2v) is 10.7. The quantitative estimate of drug-likeness (QED) is 0.109. The van der Waals surface area contributed by atoms with Crippen molar-refractivity contribution < 1.29 is 9.66 Å². The molecule has 0 aliphatic heterocycles. The van der Waals surface area contributed by atoms with Gasteiger partial charge in [0, 0.05) is 36.4 Å². The zero-order valence-electron chi connectivity index (χ0n) is 23.6. The van der Waals surface area contributed by atoms with Crippen molar-refractivity contribution in [1.29, 1.82) is 0 Å². The highest BCUT2D eigenvalue weighted by Crippen LogP contribution is 2.44. The van der Waals surface area contributed by atoms with E-state index in [1.165, 1.54) is 0 Å². The Labute approximate surface area is 244 Å². The van der Waals surface area contributed by atoms with Gasteiger partial charge in [0.25, 0.3) is 5.69 Å². The molecule has 0 amide bonds. The molecule has 0 bridgehead atoms. The van der Waals surface area contributed by atoms with E-state index < -0.39 is 11.1 Å². The highest BCUT2D eigenvalue weighted by atomic mass is 16.6. The fourth-order valence-electron chi connectivity index (χ4n) is 5.61. The third kappa shape index (κ3) is 4.44. The van der Waals surface area contributed by atoms with Crippen LogP contribution in [-0.2, 0) is 15.9 Å². The maximum atomic E-state index is 11.9. The Morgan fingerprint density at radius 2 is 1.31 bits per heavy atom. The number of hydrogen-bond acceptors (Lipinski definition) is 5. The van der Waals surface area contributed by atoms with E-state index in [1.807, 2.05) is 85.3 Å². The second-order valence-electron chi connectivity index (χ2n) is 10.7. The molecule has 0 saturated heterocycles. The Balaban J connectivity index is 1.76. The molecule has 0 saturated carbocycles. The second kappa shape index (κ2) is 10.7. The topological polar surface area (TPSA) is 83.1 Å². The van der Waals surface area contributed by atoms with E-state index in [9.17, 15) is 10.1 Å². The van der Waals surface area contributed by atoms with Crippen LogP contribution in [0.2, 0.25) is 0 Å². The standard InChI is InChI=1S/C35H30N4O3/c1-34(2,42-3)32-23-25(21-22-36-32)33-30-24-29(39(40)41)19-20-31(30)38(37-33)35(26-13-7-4-8-14-26,27-15-9-5-10-16-27)28-17-11-6-12-18-28/h4-24H,1-3H3. The van der Waals surface area contributed by atoms with Crippen LogP contribution in [0.3, 0.4) is 0 Å². The third-order valence-corrected chi connectivity index (χ3v) is 7.93. The molecule has 2 aromatic heterocycles. The fourth-order valence-corrected chi connectivity index (χ4v) is 5.61. The van der Waals surface area contributed by atoms with Crippen molar-refractivity contribution >= 4 is 16.6 Å². The van der Waals surface area contributed by atoms with Crippen LogP contribution >= 0.6 is 0 Å². The molecule has 0 aliphatic carbocycles. The van der Waals surface area contributed by atoms with Gasteiger partial charge in [-0.25, -0.2) is 4.68 Å². The molecule has 0 atom stereocenters. The number of nitrogens with zero attached hydrogens (tertiary/aromatic N) is 4. The first-order chi connectivity index (χ1) is 20.4. The Kier molecular flexibility index (Phi) is 6.88.